The van der Waals surface area contributed by atoms with Gasteiger partial charge in [0.2, 0.25) is 0 Å². The van der Waals surface area contributed by atoms with E-state index in [2.05, 4.69) is 17.1 Å². The number of allylic oxidation sites excluding steroid dienone is 2. The number of hydrogen-bond acceptors (Lipinski definition) is 8. The number of hydrogen-bond donors (Lipinski definition) is 1. The molecule has 3 atom stereocenters. The van der Waals surface area contributed by atoms with Crippen LogP contribution in [0.5, 0.6) is 5.75 Å². The van der Waals surface area contributed by atoms with Crippen molar-refractivity contribution in [1.82, 2.24) is 14.9 Å². The smallest absolute Gasteiger partial charge is 0.443 e. The molecule has 1 N–H and O–H groups in total. The zero-order chi connectivity index (χ0) is 31.8. The Morgan fingerprint density at radius 2 is 1.98 bits per heavy atom. The summed E-state index contributed by atoms with van der Waals surface area (Å²) >= 11 is 1.67. The van der Waals surface area contributed by atoms with Crippen molar-refractivity contribution >= 4 is 37.4 Å². The molecule has 0 bridgehead atoms. The highest BCUT2D eigenvalue weighted by Crippen LogP contribution is 2.59. The quantitative estimate of drug-likeness (QED) is 0.0765. The molecule has 3 rings (SSSR count). The first kappa shape index (κ1) is 35.4. The van der Waals surface area contributed by atoms with Gasteiger partial charge in [-0.05, 0) is 82.9 Å². The summed E-state index contributed by atoms with van der Waals surface area (Å²) in [4.78, 5) is 39.4. The van der Waals surface area contributed by atoms with Crippen molar-refractivity contribution in [1.29, 1.82) is 0 Å². The van der Waals surface area contributed by atoms with Crippen LogP contribution >= 0.6 is 19.5 Å². The SMILES string of the molecule is C#CCN1CC(=O)N(COC(=O)C2C(C=C(C)C)C2(C)C)C1=O.CCOP(=O)(NC(C)C)Oc1ccc(SC)c(C)c1. The van der Waals surface area contributed by atoms with Crippen LogP contribution in [0.3, 0.4) is 0 Å². The van der Waals surface area contributed by atoms with Crippen molar-refractivity contribution in [3.05, 3.63) is 35.4 Å². The monoisotopic (exact) mass is 621 g/mol. The van der Waals surface area contributed by atoms with E-state index >= 15 is 0 Å². The van der Waals surface area contributed by atoms with Crippen LogP contribution in [0.25, 0.3) is 0 Å². The normalized spacial score (nSPS) is 20.3. The fourth-order valence-corrected chi connectivity index (χ4v) is 6.72. The van der Waals surface area contributed by atoms with Crippen LogP contribution < -0.4 is 9.61 Å². The van der Waals surface area contributed by atoms with Crippen molar-refractivity contribution in [2.24, 2.45) is 17.3 Å². The highest BCUT2D eigenvalue weighted by atomic mass is 32.2. The van der Waals surface area contributed by atoms with E-state index in [0.717, 1.165) is 16.0 Å². The molecule has 1 aromatic carbocycles. The number of carbonyl (C=O) groups excluding carboxylic acids is 3. The van der Waals surface area contributed by atoms with Gasteiger partial charge in [-0.25, -0.2) is 19.3 Å². The molecule has 42 heavy (non-hydrogen) atoms. The number of esters is 1. The molecule has 1 aliphatic carbocycles. The van der Waals surface area contributed by atoms with Gasteiger partial charge >= 0.3 is 19.7 Å². The Bertz CT molecular complexity index is 1270. The zero-order valence-corrected chi connectivity index (χ0v) is 27.8. The van der Waals surface area contributed by atoms with Crippen molar-refractivity contribution in [3.8, 4) is 18.1 Å². The second kappa shape index (κ2) is 15.1. The molecule has 2 fully saturated rings. The van der Waals surface area contributed by atoms with Gasteiger partial charge in [0.1, 0.15) is 12.3 Å². The summed E-state index contributed by atoms with van der Waals surface area (Å²) < 4.78 is 28.5. The van der Waals surface area contributed by atoms with Crippen LogP contribution in [0.2, 0.25) is 0 Å². The average molecular weight is 622 g/mol. The number of urea groups is 1. The van der Waals surface area contributed by atoms with E-state index in [9.17, 15) is 18.9 Å². The topological polar surface area (TPSA) is 114 Å². The largest absolute Gasteiger partial charge is 0.458 e. The fraction of sp³-hybridized carbons (Fsp3) is 0.567. The molecule has 0 radical (unpaired) electrons. The molecule has 2 aliphatic rings. The number of aryl methyl sites for hydroxylation is 1. The number of thioether (sulfide) groups is 1. The second-order valence-corrected chi connectivity index (χ2v) is 13.8. The number of terminal acetylenes is 1. The molecule has 12 heteroatoms. The van der Waals surface area contributed by atoms with Gasteiger partial charge in [0.05, 0.1) is 19.1 Å². The van der Waals surface area contributed by atoms with Crippen LogP contribution in [-0.2, 0) is 23.4 Å². The van der Waals surface area contributed by atoms with E-state index in [-0.39, 0.29) is 49.1 Å². The molecular weight excluding hydrogens is 577 g/mol. The van der Waals surface area contributed by atoms with Crippen LogP contribution in [-0.4, -0.2) is 66.4 Å². The van der Waals surface area contributed by atoms with E-state index < -0.39 is 19.7 Å². The Labute approximate surface area is 254 Å². The Kier molecular flexibility index (Phi) is 12.7. The second-order valence-electron chi connectivity index (χ2n) is 11.2. The predicted molar refractivity (Wildman–Crippen MR) is 165 cm³/mol. The third-order valence-electron chi connectivity index (χ3n) is 6.73. The van der Waals surface area contributed by atoms with Crippen molar-refractivity contribution in [2.75, 3.05) is 32.7 Å². The molecule has 3 unspecified atom stereocenters. The molecule has 1 aliphatic heterocycles. The van der Waals surface area contributed by atoms with E-state index in [1.54, 1.807) is 18.7 Å². The Morgan fingerprint density at radius 1 is 1.31 bits per heavy atom. The fourth-order valence-electron chi connectivity index (χ4n) is 4.59. The third kappa shape index (κ3) is 9.37. The zero-order valence-electron chi connectivity index (χ0n) is 26.1. The lowest BCUT2D eigenvalue weighted by Gasteiger charge is -2.21. The number of nitrogens with one attached hydrogen (secondary N) is 1. The van der Waals surface area contributed by atoms with Gasteiger partial charge in [0.15, 0.2) is 6.73 Å². The maximum atomic E-state index is 12.5. The first-order valence-corrected chi connectivity index (χ1v) is 16.6. The Balaban J connectivity index is 0.000000299. The summed E-state index contributed by atoms with van der Waals surface area (Å²) in [5, 5.41) is 2.86. The van der Waals surface area contributed by atoms with Crippen LogP contribution in [0.15, 0.2) is 34.7 Å². The first-order valence-electron chi connectivity index (χ1n) is 13.8. The molecule has 0 aromatic heterocycles. The molecule has 10 nitrogen and oxygen atoms in total. The lowest BCUT2D eigenvalue weighted by Crippen LogP contribution is -2.36. The van der Waals surface area contributed by atoms with E-state index in [4.69, 9.17) is 20.2 Å². The summed E-state index contributed by atoms with van der Waals surface area (Å²) in [6, 6.07) is 5.15. The van der Waals surface area contributed by atoms with Gasteiger partial charge in [-0.3, -0.25) is 14.1 Å². The molecule has 1 heterocycles. The van der Waals surface area contributed by atoms with Crippen molar-refractivity contribution < 1.29 is 32.7 Å². The first-order chi connectivity index (χ1) is 19.6. The van der Waals surface area contributed by atoms with E-state index in [1.165, 1.54) is 9.80 Å². The summed E-state index contributed by atoms with van der Waals surface area (Å²) in [7, 11) is -3.30. The molecule has 232 valence electrons. The predicted octanol–water partition coefficient (Wildman–Crippen LogP) is 5.86. The van der Waals surface area contributed by atoms with Gasteiger partial charge < -0.3 is 14.2 Å². The third-order valence-corrected chi connectivity index (χ3v) is 9.51. The summed E-state index contributed by atoms with van der Waals surface area (Å²) in [6.45, 7) is 15.5. The minimum atomic E-state index is -3.30. The highest BCUT2D eigenvalue weighted by Gasteiger charge is 2.61. The highest BCUT2D eigenvalue weighted by molar-refractivity contribution is 7.98. The van der Waals surface area contributed by atoms with Crippen LogP contribution in [0.1, 0.15) is 54.0 Å². The van der Waals surface area contributed by atoms with Crippen molar-refractivity contribution in [3.63, 3.8) is 0 Å². The standard InChI is InChI=1S/C17H22N2O4.C13H22NO3PS/c1-6-7-18-9-13(20)19(16(18)22)10-23-15(21)14-12(8-11(2)3)17(14,4)5;1-6-16-18(15,14-10(2)3)17-12-7-8-13(19-5)11(4)9-12/h1,8,12,14H,7,9-10H2,2-5H3;7-10H,6H2,1-5H3,(H,14,15). The van der Waals surface area contributed by atoms with Gasteiger partial charge in [-0.1, -0.05) is 31.4 Å². The lowest BCUT2D eigenvalue weighted by molar-refractivity contribution is -0.151. The van der Waals surface area contributed by atoms with Crippen LogP contribution in [0.4, 0.5) is 4.79 Å². The summed E-state index contributed by atoms with van der Waals surface area (Å²) in [5.41, 5.74) is 2.08. The van der Waals surface area contributed by atoms with Gasteiger partial charge in [-0.2, -0.15) is 0 Å². The van der Waals surface area contributed by atoms with Crippen LogP contribution in [0, 0.1) is 36.5 Å². The number of amides is 3. The Morgan fingerprint density at radius 3 is 2.50 bits per heavy atom. The maximum Gasteiger partial charge on any atom is 0.458 e. The molecule has 3 amide bonds. The van der Waals surface area contributed by atoms with Gasteiger partial charge in [0.25, 0.3) is 5.91 Å². The number of benzene rings is 1. The summed E-state index contributed by atoms with van der Waals surface area (Å²) in [6.07, 6.45) is 9.24. The van der Waals surface area contributed by atoms with Gasteiger partial charge in [0, 0.05) is 10.9 Å². The maximum absolute atomic E-state index is 12.5. The molecule has 1 saturated carbocycles. The van der Waals surface area contributed by atoms with E-state index in [0.29, 0.717) is 12.4 Å². The number of rotatable bonds is 12. The minimum Gasteiger partial charge on any atom is -0.443 e. The number of carbonyl (C=O) groups is 3. The average Bonchev–Trinajstić information content (AvgIpc) is 3.29. The van der Waals surface area contributed by atoms with Crippen molar-refractivity contribution in [2.45, 2.75) is 66.3 Å². The molecule has 1 saturated heterocycles. The summed E-state index contributed by atoms with van der Waals surface area (Å²) in [5.74, 6) is 1.97. The van der Waals surface area contributed by atoms with Gasteiger partial charge in [-0.15, -0.1) is 18.2 Å². The minimum absolute atomic E-state index is 0.0175. The Hall–Kier alpha value is -2.77. The lowest BCUT2D eigenvalue weighted by atomic mass is 10.1. The number of imide groups is 1. The number of nitrogens with zero attached hydrogens (tertiary/aromatic N) is 2. The molecule has 1 aromatic rings. The number of ether oxygens (including phenoxy) is 1. The van der Waals surface area contributed by atoms with E-state index in [1.807, 2.05) is 72.9 Å². The molecule has 0 spiro atoms. The molecular formula is C30H44N3O7PS.